The molecule has 0 spiro atoms. The smallest absolute Gasteiger partial charge is 0.148 e. The van der Waals surface area contributed by atoms with Crippen LogP contribution in [0.25, 0.3) is 10.8 Å². The molecule has 15 heavy (non-hydrogen) atoms. The van der Waals surface area contributed by atoms with Crippen LogP contribution in [0.5, 0.6) is 5.75 Å². The molecule has 0 bridgehead atoms. The second kappa shape index (κ2) is 3.93. The summed E-state index contributed by atoms with van der Waals surface area (Å²) in [5.41, 5.74) is 6.61. The van der Waals surface area contributed by atoms with Crippen LogP contribution >= 0.6 is 0 Å². The number of benzene rings is 2. The van der Waals surface area contributed by atoms with Gasteiger partial charge in [-0.2, -0.15) is 0 Å². The molecule has 2 aromatic carbocycles. The Hall–Kier alpha value is -2.14. The minimum absolute atomic E-state index is 0.272. The minimum Gasteiger partial charge on any atom is -0.480 e. The molecule has 74 valence electrons. The van der Waals surface area contributed by atoms with Crippen molar-refractivity contribution in [2.45, 2.75) is 0 Å². The summed E-state index contributed by atoms with van der Waals surface area (Å²) in [6, 6.07) is 11.5. The molecular formula is C13H11NO. The second-order valence-electron chi connectivity index (χ2n) is 3.19. The highest BCUT2D eigenvalue weighted by molar-refractivity contribution is 5.96. The van der Waals surface area contributed by atoms with E-state index in [2.05, 4.69) is 5.92 Å². The van der Waals surface area contributed by atoms with E-state index in [-0.39, 0.29) is 6.61 Å². The van der Waals surface area contributed by atoms with Crippen LogP contribution in [0.1, 0.15) is 0 Å². The lowest BCUT2D eigenvalue weighted by molar-refractivity contribution is 0.375. The molecule has 0 aliphatic rings. The Morgan fingerprint density at radius 1 is 1.13 bits per heavy atom. The van der Waals surface area contributed by atoms with Crippen LogP contribution in [-0.2, 0) is 0 Å². The third-order valence-corrected chi connectivity index (χ3v) is 2.23. The maximum Gasteiger partial charge on any atom is 0.148 e. The fourth-order valence-corrected chi connectivity index (χ4v) is 1.55. The Morgan fingerprint density at radius 3 is 2.67 bits per heavy atom. The average molecular weight is 197 g/mol. The molecule has 0 radical (unpaired) electrons. The zero-order valence-electron chi connectivity index (χ0n) is 8.23. The van der Waals surface area contributed by atoms with Gasteiger partial charge in [-0.1, -0.05) is 30.2 Å². The van der Waals surface area contributed by atoms with E-state index in [9.17, 15) is 0 Å². The standard InChI is InChI=1S/C13H11NO/c1-2-9-15-13-8-4-5-10-11(13)6-3-7-12(10)14/h1,3-8H,9,14H2. The van der Waals surface area contributed by atoms with E-state index in [4.69, 9.17) is 16.9 Å². The summed E-state index contributed by atoms with van der Waals surface area (Å²) in [6.07, 6.45) is 5.15. The van der Waals surface area contributed by atoms with Crippen LogP contribution in [0.4, 0.5) is 5.69 Å². The van der Waals surface area contributed by atoms with E-state index in [0.717, 1.165) is 22.2 Å². The topological polar surface area (TPSA) is 35.2 Å². The number of fused-ring (bicyclic) bond motifs is 1. The summed E-state index contributed by atoms with van der Waals surface area (Å²) >= 11 is 0. The van der Waals surface area contributed by atoms with Gasteiger partial charge in [-0.25, -0.2) is 0 Å². The predicted molar refractivity (Wildman–Crippen MR) is 62.7 cm³/mol. The van der Waals surface area contributed by atoms with Gasteiger partial charge in [0.1, 0.15) is 12.4 Å². The summed E-state index contributed by atoms with van der Waals surface area (Å²) in [4.78, 5) is 0. The normalized spacial score (nSPS) is 9.80. The monoisotopic (exact) mass is 197 g/mol. The summed E-state index contributed by atoms with van der Waals surface area (Å²) < 4.78 is 5.43. The largest absolute Gasteiger partial charge is 0.480 e. The van der Waals surface area contributed by atoms with Crippen LogP contribution in [0.2, 0.25) is 0 Å². The number of nitrogens with two attached hydrogens (primary N) is 1. The van der Waals surface area contributed by atoms with E-state index in [0.29, 0.717) is 0 Å². The van der Waals surface area contributed by atoms with E-state index in [1.165, 1.54) is 0 Å². The minimum atomic E-state index is 0.272. The second-order valence-corrected chi connectivity index (χ2v) is 3.19. The summed E-state index contributed by atoms with van der Waals surface area (Å²) in [5.74, 6) is 3.22. The van der Waals surface area contributed by atoms with Crippen LogP contribution < -0.4 is 10.5 Å². The van der Waals surface area contributed by atoms with Crippen molar-refractivity contribution in [1.82, 2.24) is 0 Å². The molecule has 2 heteroatoms. The van der Waals surface area contributed by atoms with Gasteiger partial charge in [-0.3, -0.25) is 0 Å². The first-order valence-corrected chi connectivity index (χ1v) is 4.66. The Labute approximate surface area is 88.7 Å². The summed E-state index contributed by atoms with van der Waals surface area (Å²) in [6.45, 7) is 0.272. The summed E-state index contributed by atoms with van der Waals surface area (Å²) in [7, 11) is 0. The molecule has 0 atom stereocenters. The van der Waals surface area contributed by atoms with Gasteiger partial charge in [0.2, 0.25) is 0 Å². The van der Waals surface area contributed by atoms with Gasteiger partial charge in [0.05, 0.1) is 0 Å². The average Bonchev–Trinajstić information content (AvgIpc) is 2.27. The molecule has 2 aromatic rings. The van der Waals surface area contributed by atoms with E-state index >= 15 is 0 Å². The molecule has 0 heterocycles. The summed E-state index contributed by atoms with van der Waals surface area (Å²) in [5, 5.41) is 1.99. The van der Waals surface area contributed by atoms with Crippen molar-refractivity contribution in [2.24, 2.45) is 0 Å². The van der Waals surface area contributed by atoms with Gasteiger partial charge >= 0.3 is 0 Å². The van der Waals surface area contributed by atoms with Gasteiger partial charge < -0.3 is 10.5 Å². The molecule has 2 rings (SSSR count). The van der Waals surface area contributed by atoms with Crippen molar-refractivity contribution in [3.63, 3.8) is 0 Å². The van der Waals surface area contributed by atoms with Crippen LogP contribution in [0.3, 0.4) is 0 Å². The third kappa shape index (κ3) is 1.72. The van der Waals surface area contributed by atoms with Gasteiger partial charge in [-0.05, 0) is 12.1 Å². The molecule has 2 N–H and O–H groups in total. The fourth-order valence-electron chi connectivity index (χ4n) is 1.55. The third-order valence-electron chi connectivity index (χ3n) is 2.23. The maximum absolute atomic E-state index is 5.86. The Morgan fingerprint density at radius 2 is 1.87 bits per heavy atom. The Bertz CT molecular complexity index is 526. The van der Waals surface area contributed by atoms with Crippen molar-refractivity contribution >= 4 is 16.5 Å². The van der Waals surface area contributed by atoms with Crippen molar-refractivity contribution in [2.75, 3.05) is 12.3 Å². The highest BCUT2D eigenvalue weighted by atomic mass is 16.5. The lowest BCUT2D eigenvalue weighted by Gasteiger charge is -2.07. The number of terminal acetylenes is 1. The number of ether oxygens (including phenoxy) is 1. The first-order chi connectivity index (χ1) is 7.33. The molecule has 0 aliphatic carbocycles. The SMILES string of the molecule is C#CCOc1cccc2c(N)cccc12. The predicted octanol–water partition coefficient (Wildman–Crippen LogP) is 2.43. The fraction of sp³-hybridized carbons (Fsp3) is 0.0769. The molecule has 0 fully saturated rings. The number of hydrogen-bond donors (Lipinski definition) is 1. The molecule has 0 amide bonds. The van der Waals surface area contributed by atoms with Crippen molar-refractivity contribution in [3.05, 3.63) is 36.4 Å². The first kappa shape index (κ1) is 9.42. The lowest BCUT2D eigenvalue weighted by atomic mass is 10.1. The molecule has 0 unspecified atom stereocenters. The number of nitrogen functional groups attached to an aromatic ring is 1. The van der Waals surface area contributed by atoms with Gasteiger partial charge in [0, 0.05) is 16.5 Å². The number of rotatable bonds is 2. The van der Waals surface area contributed by atoms with Crippen LogP contribution in [-0.4, -0.2) is 6.61 Å². The quantitative estimate of drug-likeness (QED) is 0.592. The van der Waals surface area contributed by atoms with Crippen LogP contribution in [0.15, 0.2) is 36.4 Å². The molecule has 2 nitrogen and oxygen atoms in total. The molecular weight excluding hydrogens is 186 g/mol. The first-order valence-electron chi connectivity index (χ1n) is 4.66. The van der Waals surface area contributed by atoms with Crippen LogP contribution in [0, 0.1) is 12.3 Å². The van der Waals surface area contributed by atoms with E-state index < -0.39 is 0 Å². The molecule has 0 aliphatic heterocycles. The zero-order chi connectivity index (χ0) is 10.7. The van der Waals surface area contributed by atoms with Gasteiger partial charge in [0.25, 0.3) is 0 Å². The van der Waals surface area contributed by atoms with Crippen molar-refractivity contribution < 1.29 is 4.74 Å². The Balaban J connectivity index is 2.57. The van der Waals surface area contributed by atoms with Crippen molar-refractivity contribution in [3.8, 4) is 18.1 Å². The van der Waals surface area contributed by atoms with E-state index in [1.807, 2.05) is 36.4 Å². The lowest BCUT2D eigenvalue weighted by Crippen LogP contribution is -1.95. The van der Waals surface area contributed by atoms with Gasteiger partial charge in [-0.15, -0.1) is 6.42 Å². The molecule has 0 saturated carbocycles. The van der Waals surface area contributed by atoms with Crippen molar-refractivity contribution in [1.29, 1.82) is 0 Å². The highest BCUT2D eigenvalue weighted by Crippen LogP contribution is 2.28. The molecule has 0 saturated heterocycles. The maximum atomic E-state index is 5.86. The van der Waals surface area contributed by atoms with Gasteiger partial charge in [0.15, 0.2) is 0 Å². The number of anilines is 1. The van der Waals surface area contributed by atoms with E-state index in [1.54, 1.807) is 0 Å². The zero-order valence-corrected chi connectivity index (χ0v) is 8.23. The number of hydrogen-bond acceptors (Lipinski definition) is 2. The molecule has 0 aromatic heterocycles. The Kier molecular flexibility index (Phi) is 2.47. The highest BCUT2D eigenvalue weighted by Gasteiger charge is 2.02.